The fourth-order valence-corrected chi connectivity index (χ4v) is 4.57. The van der Waals surface area contributed by atoms with E-state index in [2.05, 4.69) is 32.2 Å². The number of thiophene rings is 1. The summed E-state index contributed by atoms with van der Waals surface area (Å²) in [5.41, 5.74) is 0. The number of nitrogens with one attached hydrogen (secondary N) is 1. The molecule has 2 bridgehead atoms. The fraction of sp³-hybridized carbons (Fsp3) is 0.643. The van der Waals surface area contributed by atoms with Gasteiger partial charge in [-0.3, -0.25) is 4.79 Å². The van der Waals surface area contributed by atoms with Crippen LogP contribution >= 0.6 is 39.7 Å². The van der Waals surface area contributed by atoms with Crippen molar-refractivity contribution in [2.75, 3.05) is 13.1 Å². The predicted molar refractivity (Wildman–Crippen MR) is 88.8 cm³/mol. The Labute approximate surface area is 138 Å². The number of hydrogen-bond acceptors (Lipinski definition) is 3. The smallest absolute Gasteiger partial charge is 0.230 e. The first-order valence-electron chi connectivity index (χ1n) is 6.93. The molecule has 2 aliphatic rings. The minimum atomic E-state index is -0.0204. The van der Waals surface area contributed by atoms with Gasteiger partial charge in [-0.05, 0) is 54.2 Å². The van der Waals surface area contributed by atoms with E-state index in [4.69, 9.17) is 0 Å². The number of nitrogens with zero attached hydrogens (tertiary/aromatic N) is 1. The zero-order chi connectivity index (χ0) is 13.4. The van der Waals surface area contributed by atoms with Gasteiger partial charge in [0.2, 0.25) is 5.91 Å². The molecule has 0 saturated carbocycles. The third-order valence-electron chi connectivity index (χ3n) is 4.23. The fourth-order valence-electron chi connectivity index (χ4n) is 3.10. The molecule has 6 heteroatoms. The van der Waals surface area contributed by atoms with Crippen LogP contribution < -0.4 is 5.32 Å². The lowest BCUT2D eigenvalue weighted by Gasteiger charge is -2.26. The van der Waals surface area contributed by atoms with Gasteiger partial charge in [0, 0.05) is 30.1 Å². The van der Waals surface area contributed by atoms with Gasteiger partial charge in [0.05, 0.1) is 9.70 Å². The van der Waals surface area contributed by atoms with E-state index in [-0.39, 0.29) is 24.2 Å². The molecule has 20 heavy (non-hydrogen) atoms. The van der Waals surface area contributed by atoms with Crippen molar-refractivity contribution in [1.82, 2.24) is 10.2 Å². The standard InChI is InChI=1S/C14H19BrN2OS.ClH/c1-9(12-4-5-13(15)19-12)14(18)17-7-6-10-2-3-11(8-17)16-10;/h4-5,9-11,16H,2-3,6-8H2,1H3;1H. The quantitative estimate of drug-likeness (QED) is 0.854. The molecule has 0 spiro atoms. The number of rotatable bonds is 2. The minimum Gasteiger partial charge on any atom is -0.341 e. The summed E-state index contributed by atoms with van der Waals surface area (Å²) in [5, 5.41) is 3.62. The van der Waals surface area contributed by atoms with Crippen molar-refractivity contribution in [1.29, 1.82) is 0 Å². The van der Waals surface area contributed by atoms with Gasteiger partial charge in [-0.2, -0.15) is 0 Å². The second-order valence-electron chi connectivity index (χ2n) is 5.57. The highest BCUT2D eigenvalue weighted by atomic mass is 79.9. The van der Waals surface area contributed by atoms with Crippen LogP contribution in [-0.2, 0) is 4.79 Å². The molecule has 112 valence electrons. The molecule has 1 amide bonds. The largest absolute Gasteiger partial charge is 0.341 e. The zero-order valence-corrected chi connectivity index (χ0v) is 14.7. The summed E-state index contributed by atoms with van der Waals surface area (Å²) in [7, 11) is 0. The Bertz CT molecular complexity index is 481. The van der Waals surface area contributed by atoms with Crippen LogP contribution in [0.1, 0.15) is 37.0 Å². The third-order valence-corrected chi connectivity index (χ3v) is 6.03. The van der Waals surface area contributed by atoms with E-state index in [9.17, 15) is 4.79 Å². The van der Waals surface area contributed by atoms with Crippen molar-refractivity contribution >= 4 is 45.6 Å². The summed E-state index contributed by atoms with van der Waals surface area (Å²) in [6.07, 6.45) is 3.59. The first-order chi connectivity index (χ1) is 9.13. The summed E-state index contributed by atoms with van der Waals surface area (Å²) >= 11 is 5.13. The molecule has 0 radical (unpaired) electrons. The van der Waals surface area contributed by atoms with Gasteiger partial charge in [0.25, 0.3) is 0 Å². The van der Waals surface area contributed by atoms with E-state index >= 15 is 0 Å². The predicted octanol–water partition coefficient (Wildman–Crippen LogP) is 3.39. The van der Waals surface area contributed by atoms with Crippen molar-refractivity contribution in [2.24, 2.45) is 0 Å². The molecule has 3 nitrogen and oxygen atoms in total. The van der Waals surface area contributed by atoms with Gasteiger partial charge in [0.15, 0.2) is 0 Å². The summed E-state index contributed by atoms with van der Waals surface area (Å²) < 4.78 is 1.10. The number of fused-ring (bicyclic) bond motifs is 2. The molecule has 0 aromatic carbocycles. The summed E-state index contributed by atoms with van der Waals surface area (Å²) in [6, 6.07) is 5.22. The molecular formula is C14H20BrClN2OS. The maximum absolute atomic E-state index is 12.6. The Hall–Kier alpha value is -0.100. The lowest BCUT2D eigenvalue weighted by Crippen LogP contribution is -2.40. The Morgan fingerprint density at radius 3 is 2.85 bits per heavy atom. The average Bonchev–Trinajstić information content (AvgIpc) is 2.94. The average molecular weight is 380 g/mol. The van der Waals surface area contributed by atoms with Gasteiger partial charge in [0.1, 0.15) is 0 Å². The zero-order valence-electron chi connectivity index (χ0n) is 11.5. The van der Waals surface area contributed by atoms with Crippen LogP contribution in [0.5, 0.6) is 0 Å². The molecule has 2 fully saturated rings. The number of carbonyl (C=O) groups is 1. The minimum absolute atomic E-state index is 0. The highest BCUT2D eigenvalue weighted by molar-refractivity contribution is 9.11. The van der Waals surface area contributed by atoms with Gasteiger partial charge >= 0.3 is 0 Å². The first-order valence-corrected chi connectivity index (χ1v) is 8.54. The molecule has 1 aromatic rings. The molecule has 1 aromatic heterocycles. The molecule has 2 saturated heterocycles. The summed E-state index contributed by atoms with van der Waals surface area (Å²) in [4.78, 5) is 15.8. The number of likely N-dealkylation sites (tertiary alicyclic amines) is 1. The van der Waals surface area contributed by atoms with Crippen molar-refractivity contribution in [3.05, 3.63) is 20.8 Å². The summed E-state index contributed by atoms with van der Waals surface area (Å²) in [5.74, 6) is 0.261. The maximum atomic E-state index is 12.6. The lowest BCUT2D eigenvalue weighted by molar-refractivity contribution is -0.132. The molecule has 3 rings (SSSR count). The third kappa shape index (κ3) is 3.38. The van der Waals surface area contributed by atoms with Crippen LogP contribution in [0.4, 0.5) is 0 Å². The number of carbonyl (C=O) groups excluding carboxylic acids is 1. The maximum Gasteiger partial charge on any atom is 0.230 e. The van der Waals surface area contributed by atoms with Crippen molar-refractivity contribution in [3.8, 4) is 0 Å². The van der Waals surface area contributed by atoms with Crippen LogP contribution in [0.3, 0.4) is 0 Å². The van der Waals surface area contributed by atoms with E-state index in [1.165, 1.54) is 12.8 Å². The normalized spacial score (nSPS) is 26.8. The van der Waals surface area contributed by atoms with Gasteiger partial charge < -0.3 is 10.2 Å². The van der Waals surface area contributed by atoms with E-state index in [1.807, 2.05) is 13.0 Å². The highest BCUT2D eigenvalue weighted by Gasteiger charge is 2.33. The molecule has 3 atom stereocenters. The molecule has 2 aliphatic heterocycles. The molecule has 3 heterocycles. The summed E-state index contributed by atoms with van der Waals surface area (Å²) in [6.45, 7) is 3.81. The van der Waals surface area contributed by atoms with E-state index < -0.39 is 0 Å². The SMILES string of the molecule is CC(C(=O)N1CCC2CCC(C1)N2)c1ccc(Br)s1.Cl. The van der Waals surface area contributed by atoms with Crippen molar-refractivity contribution in [3.63, 3.8) is 0 Å². The number of amides is 1. The van der Waals surface area contributed by atoms with Crippen LogP contribution in [-0.4, -0.2) is 36.0 Å². The molecule has 3 unspecified atom stereocenters. The first kappa shape index (κ1) is 16.3. The molecular weight excluding hydrogens is 360 g/mol. The number of hydrogen-bond donors (Lipinski definition) is 1. The second-order valence-corrected chi connectivity index (χ2v) is 8.07. The van der Waals surface area contributed by atoms with E-state index in [1.54, 1.807) is 11.3 Å². The second kappa shape index (κ2) is 6.77. The topological polar surface area (TPSA) is 32.3 Å². The van der Waals surface area contributed by atoms with Crippen molar-refractivity contribution in [2.45, 2.75) is 44.2 Å². The van der Waals surface area contributed by atoms with Gasteiger partial charge in [-0.15, -0.1) is 23.7 Å². The van der Waals surface area contributed by atoms with Gasteiger partial charge in [-0.1, -0.05) is 0 Å². The highest BCUT2D eigenvalue weighted by Crippen LogP contribution is 2.30. The lowest BCUT2D eigenvalue weighted by atomic mass is 10.0. The van der Waals surface area contributed by atoms with Crippen LogP contribution in [0.2, 0.25) is 0 Å². The van der Waals surface area contributed by atoms with Gasteiger partial charge in [-0.25, -0.2) is 0 Å². The van der Waals surface area contributed by atoms with E-state index in [0.717, 1.165) is 28.2 Å². The molecule has 1 N–H and O–H groups in total. The Balaban J connectivity index is 0.00000147. The monoisotopic (exact) mass is 378 g/mol. The van der Waals surface area contributed by atoms with Crippen molar-refractivity contribution < 1.29 is 4.79 Å². The van der Waals surface area contributed by atoms with Crippen LogP contribution in [0.15, 0.2) is 15.9 Å². The Kier molecular flexibility index (Phi) is 5.51. The van der Waals surface area contributed by atoms with E-state index in [0.29, 0.717) is 12.1 Å². The Morgan fingerprint density at radius 2 is 2.15 bits per heavy atom. The van der Waals surface area contributed by atoms with Crippen LogP contribution in [0, 0.1) is 0 Å². The Morgan fingerprint density at radius 1 is 1.40 bits per heavy atom. The van der Waals surface area contributed by atoms with Crippen LogP contribution in [0.25, 0.3) is 0 Å². The number of halogens is 2. The molecule has 0 aliphatic carbocycles.